The number of hydrogen-bond donors (Lipinski definition) is 1. The van der Waals surface area contributed by atoms with E-state index in [0.717, 1.165) is 22.3 Å². The number of carbonyl (C=O) groups excluding carboxylic acids is 2. The molecule has 3 rings (SSSR count). The van der Waals surface area contributed by atoms with Crippen molar-refractivity contribution >= 4 is 62.1 Å². The number of furan rings is 1. The number of thiocarbonyl (C=S) groups is 1. The number of thioether (sulfide) groups is 1. The van der Waals surface area contributed by atoms with Crippen LogP contribution in [0.25, 0.3) is 6.08 Å². The number of aryl methyl sites for hydroxylation is 1. The van der Waals surface area contributed by atoms with E-state index in [4.69, 9.17) is 16.6 Å². The highest BCUT2D eigenvalue weighted by Crippen LogP contribution is 2.32. The van der Waals surface area contributed by atoms with Crippen molar-refractivity contribution in [2.75, 3.05) is 0 Å². The standard InChI is InChI=1S/C16H11BrN2O3S2/c1-9-2-4-10(5-3-9)14(20)18-19-15(21)12(24-16(19)23)8-11-6-7-13(17)22-11/h2-8H,1H3,(H,18,20)/b12-8-. The summed E-state index contributed by atoms with van der Waals surface area (Å²) in [6.07, 6.45) is 1.59. The number of rotatable bonds is 3. The van der Waals surface area contributed by atoms with Crippen molar-refractivity contribution in [1.82, 2.24) is 10.4 Å². The number of hydrazine groups is 1. The number of nitrogens with one attached hydrogen (secondary N) is 1. The van der Waals surface area contributed by atoms with Crippen LogP contribution in [0.5, 0.6) is 0 Å². The zero-order valence-corrected chi connectivity index (χ0v) is 15.6. The Morgan fingerprint density at radius 2 is 2.00 bits per heavy atom. The van der Waals surface area contributed by atoms with Crippen LogP contribution in [0.4, 0.5) is 0 Å². The lowest BCUT2D eigenvalue weighted by atomic mass is 10.1. The molecule has 0 bridgehead atoms. The fraction of sp³-hybridized carbons (Fsp3) is 0.0625. The molecule has 1 N–H and O–H groups in total. The Bertz CT molecular complexity index is 858. The normalized spacial score (nSPS) is 16.1. The first-order valence-corrected chi connectivity index (χ1v) is 8.87. The molecule has 122 valence electrons. The smallest absolute Gasteiger partial charge is 0.285 e. The molecule has 0 aliphatic carbocycles. The number of amides is 2. The minimum Gasteiger partial charge on any atom is -0.450 e. The Hall–Kier alpha value is -1.90. The summed E-state index contributed by atoms with van der Waals surface area (Å²) in [5, 5.41) is 1.08. The third-order valence-corrected chi connectivity index (χ3v) is 4.92. The van der Waals surface area contributed by atoms with Gasteiger partial charge < -0.3 is 4.42 Å². The molecular weight excluding hydrogens is 412 g/mol. The molecule has 0 atom stereocenters. The second-order valence-corrected chi connectivity index (χ2v) is 7.42. The summed E-state index contributed by atoms with van der Waals surface area (Å²) < 4.78 is 6.18. The van der Waals surface area contributed by atoms with Crippen LogP contribution in [-0.2, 0) is 4.79 Å². The van der Waals surface area contributed by atoms with Gasteiger partial charge in [-0.05, 0) is 59.3 Å². The van der Waals surface area contributed by atoms with Gasteiger partial charge in [0.25, 0.3) is 11.8 Å². The average Bonchev–Trinajstić information content (AvgIpc) is 3.06. The van der Waals surface area contributed by atoms with E-state index in [1.807, 2.05) is 19.1 Å². The molecule has 1 aromatic heterocycles. The van der Waals surface area contributed by atoms with Crippen molar-refractivity contribution in [3.8, 4) is 0 Å². The predicted molar refractivity (Wildman–Crippen MR) is 100 cm³/mol. The third kappa shape index (κ3) is 3.61. The summed E-state index contributed by atoms with van der Waals surface area (Å²) in [7, 11) is 0. The molecule has 0 saturated carbocycles. The molecule has 1 aliphatic heterocycles. The molecule has 2 amide bonds. The second-order valence-electron chi connectivity index (χ2n) is 4.97. The minimum absolute atomic E-state index is 0.261. The lowest BCUT2D eigenvalue weighted by Gasteiger charge is -2.15. The first-order valence-electron chi connectivity index (χ1n) is 6.85. The van der Waals surface area contributed by atoms with Crippen molar-refractivity contribution in [3.63, 3.8) is 0 Å². The van der Waals surface area contributed by atoms with Gasteiger partial charge in [0.1, 0.15) is 5.76 Å². The van der Waals surface area contributed by atoms with Gasteiger partial charge in [-0.3, -0.25) is 15.0 Å². The van der Waals surface area contributed by atoms with E-state index < -0.39 is 11.8 Å². The molecule has 0 radical (unpaired) electrons. The summed E-state index contributed by atoms with van der Waals surface area (Å²) in [6.45, 7) is 1.93. The van der Waals surface area contributed by atoms with Crippen LogP contribution in [0.15, 0.2) is 50.4 Å². The summed E-state index contributed by atoms with van der Waals surface area (Å²) in [5.41, 5.74) is 4.04. The first-order chi connectivity index (χ1) is 11.4. The van der Waals surface area contributed by atoms with Gasteiger partial charge >= 0.3 is 0 Å². The molecule has 1 aliphatic rings. The number of carbonyl (C=O) groups is 2. The highest BCUT2D eigenvalue weighted by Gasteiger charge is 2.34. The van der Waals surface area contributed by atoms with E-state index in [1.165, 1.54) is 0 Å². The van der Waals surface area contributed by atoms with Gasteiger partial charge in [-0.15, -0.1) is 0 Å². The van der Waals surface area contributed by atoms with Crippen LogP contribution in [0.1, 0.15) is 21.7 Å². The maximum Gasteiger partial charge on any atom is 0.285 e. The summed E-state index contributed by atoms with van der Waals surface area (Å²) in [6, 6.07) is 10.5. The minimum atomic E-state index is -0.395. The van der Waals surface area contributed by atoms with Gasteiger partial charge in [-0.25, -0.2) is 0 Å². The largest absolute Gasteiger partial charge is 0.450 e. The maximum atomic E-state index is 12.4. The van der Waals surface area contributed by atoms with Crippen LogP contribution in [0.3, 0.4) is 0 Å². The van der Waals surface area contributed by atoms with E-state index in [-0.39, 0.29) is 4.32 Å². The van der Waals surface area contributed by atoms with Gasteiger partial charge in [-0.1, -0.05) is 29.5 Å². The van der Waals surface area contributed by atoms with Gasteiger partial charge in [0.15, 0.2) is 8.99 Å². The van der Waals surface area contributed by atoms with Crippen LogP contribution >= 0.6 is 39.9 Å². The fourth-order valence-electron chi connectivity index (χ4n) is 1.97. The van der Waals surface area contributed by atoms with Crippen LogP contribution < -0.4 is 5.43 Å². The van der Waals surface area contributed by atoms with Crippen molar-refractivity contribution < 1.29 is 14.0 Å². The molecule has 8 heteroatoms. The van der Waals surface area contributed by atoms with Crippen molar-refractivity contribution in [2.24, 2.45) is 0 Å². The molecule has 1 aromatic carbocycles. The number of halogens is 1. The molecule has 1 saturated heterocycles. The van der Waals surface area contributed by atoms with E-state index in [9.17, 15) is 9.59 Å². The molecular formula is C16H11BrN2O3S2. The molecule has 0 unspecified atom stereocenters. The van der Waals surface area contributed by atoms with Crippen LogP contribution in [-0.4, -0.2) is 21.1 Å². The molecule has 24 heavy (non-hydrogen) atoms. The lowest BCUT2D eigenvalue weighted by Crippen LogP contribution is -2.44. The molecule has 2 heterocycles. The predicted octanol–water partition coefficient (Wildman–Crippen LogP) is 3.90. The topological polar surface area (TPSA) is 62.6 Å². The van der Waals surface area contributed by atoms with Crippen molar-refractivity contribution in [2.45, 2.75) is 6.92 Å². The van der Waals surface area contributed by atoms with E-state index in [1.54, 1.807) is 30.3 Å². The molecule has 0 spiro atoms. The fourth-order valence-corrected chi connectivity index (χ4v) is 3.45. The van der Waals surface area contributed by atoms with Gasteiger partial charge in [-0.2, -0.15) is 5.01 Å². The maximum absolute atomic E-state index is 12.4. The SMILES string of the molecule is Cc1ccc(C(=O)NN2C(=O)/C(=C/c3ccc(Br)o3)SC2=S)cc1. The van der Waals surface area contributed by atoms with Crippen LogP contribution in [0, 0.1) is 6.92 Å². The Labute approximate surface area is 156 Å². The summed E-state index contributed by atoms with van der Waals surface area (Å²) >= 11 is 9.49. The van der Waals surface area contributed by atoms with Crippen molar-refractivity contribution in [3.05, 3.63) is 62.9 Å². The molecule has 2 aromatic rings. The van der Waals surface area contributed by atoms with Gasteiger partial charge in [0.05, 0.1) is 4.91 Å². The van der Waals surface area contributed by atoms with E-state index in [0.29, 0.717) is 20.9 Å². The highest BCUT2D eigenvalue weighted by atomic mass is 79.9. The number of nitrogens with zero attached hydrogens (tertiary/aromatic N) is 1. The third-order valence-electron chi connectivity index (χ3n) is 3.19. The first kappa shape index (κ1) is 16.9. The van der Waals surface area contributed by atoms with Gasteiger partial charge in [0, 0.05) is 11.6 Å². The van der Waals surface area contributed by atoms with E-state index in [2.05, 4.69) is 21.4 Å². The Morgan fingerprint density at radius 1 is 1.29 bits per heavy atom. The molecule has 1 fully saturated rings. The summed E-state index contributed by atoms with van der Waals surface area (Å²) in [4.78, 5) is 25.1. The van der Waals surface area contributed by atoms with E-state index >= 15 is 0 Å². The monoisotopic (exact) mass is 422 g/mol. The second kappa shape index (κ2) is 6.92. The lowest BCUT2D eigenvalue weighted by molar-refractivity contribution is -0.123. The summed E-state index contributed by atoms with van der Waals surface area (Å²) in [5.74, 6) is -0.265. The number of hydrogen-bond acceptors (Lipinski definition) is 5. The Kier molecular flexibility index (Phi) is 4.88. The Balaban J connectivity index is 1.76. The van der Waals surface area contributed by atoms with Gasteiger partial charge in [0.2, 0.25) is 0 Å². The quantitative estimate of drug-likeness (QED) is 0.600. The Morgan fingerprint density at radius 3 is 2.62 bits per heavy atom. The number of benzene rings is 1. The zero-order valence-electron chi connectivity index (χ0n) is 12.4. The van der Waals surface area contributed by atoms with Crippen molar-refractivity contribution in [1.29, 1.82) is 0 Å². The highest BCUT2D eigenvalue weighted by molar-refractivity contribution is 9.10. The van der Waals surface area contributed by atoms with Crippen LogP contribution in [0.2, 0.25) is 0 Å². The molecule has 5 nitrogen and oxygen atoms in total. The average molecular weight is 423 g/mol. The zero-order chi connectivity index (χ0) is 17.3.